The van der Waals surface area contributed by atoms with Crippen LogP contribution < -0.4 is 20.1 Å². The number of rotatable bonds is 13. The van der Waals surface area contributed by atoms with E-state index in [9.17, 15) is 9.59 Å². The van der Waals surface area contributed by atoms with Gasteiger partial charge in [-0.25, -0.2) is 0 Å². The molecule has 4 rings (SSSR count). The highest BCUT2D eigenvalue weighted by molar-refractivity contribution is 7.99. The lowest BCUT2D eigenvalue weighted by molar-refractivity contribution is -0.113. The third-order valence-corrected chi connectivity index (χ3v) is 6.93. The fourth-order valence-corrected chi connectivity index (χ4v) is 4.64. The average molecular weight is 580 g/mol. The Bertz CT molecular complexity index is 1430. The summed E-state index contributed by atoms with van der Waals surface area (Å²) in [5.74, 6) is 1.57. The maximum absolute atomic E-state index is 12.8. The summed E-state index contributed by atoms with van der Waals surface area (Å²) in [6.45, 7) is 2.86. The molecule has 40 heavy (non-hydrogen) atoms. The van der Waals surface area contributed by atoms with Gasteiger partial charge in [0.2, 0.25) is 5.91 Å². The van der Waals surface area contributed by atoms with Gasteiger partial charge in [0.25, 0.3) is 5.91 Å². The summed E-state index contributed by atoms with van der Waals surface area (Å²) < 4.78 is 12.6. The predicted octanol–water partition coefficient (Wildman–Crippen LogP) is 5.77. The molecule has 0 saturated heterocycles. The van der Waals surface area contributed by atoms with Crippen LogP contribution in [0, 0.1) is 0 Å². The Kier molecular flexibility index (Phi) is 10.4. The largest absolute Gasteiger partial charge is 0.497 e. The number of anilines is 1. The van der Waals surface area contributed by atoms with E-state index in [-0.39, 0.29) is 24.1 Å². The van der Waals surface area contributed by atoms with E-state index in [2.05, 4.69) is 27.8 Å². The van der Waals surface area contributed by atoms with Crippen molar-refractivity contribution in [2.24, 2.45) is 0 Å². The van der Waals surface area contributed by atoms with E-state index in [0.29, 0.717) is 45.3 Å². The Morgan fingerprint density at radius 2 is 1.75 bits per heavy atom. The number of benzene rings is 3. The first-order chi connectivity index (χ1) is 19.5. The highest BCUT2D eigenvalue weighted by Crippen LogP contribution is 2.25. The van der Waals surface area contributed by atoms with Crippen molar-refractivity contribution in [1.29, 1.82) is 0 Å². The lowest BCUT2D eigenvalue weighted by atomic mass is 10.2. The van der Waals surface area contributed by atoms with Crippen LogP contribution in [-0.4, -0.2) is 46.0 Å². The lowest BCUT2D eigenvalue weighted by Gasteiger charge is -2.12. The fourth-order valence-electron chi connectivity index (χ4n) is 3.68. The Morgan fingerprint density at radius 1 is 1.00 bits per heavy atom. The molecule has 0 aliphatic carbocycles. The Morgan fingerprint density at radius 3 is 2.45 bits per heavy atom. The quantitative estimate of drug-likeness (QED) is 0.153. The summed E-state index contributed by atoms with van der Waals surface area (Å²) >= 11 is 7.48. The Hall–Kier alpha value is -4.02. The van der Waals surface area contributed by atoms with Gasteiger partial charge in [0.1, 0.15) is 11.5 Å². The number of amides is 2. The summed E-state index contributed by atoms with van der Waals surface area (Å²) in [6, 6.07) is 21.3. The van der Waals surface area contributed by atoms with Crippen LogP contribution in [0.4, 0.5) is 5.69 Å². The lowest BCUT2D eigenvalue weighted by Crippen LogP contribution is -2.24. The SMILES string of the molecule is CCCCOc1ccc(C(=O)NCc2nnc(SCC(=O)Nc3ccc(OC)cc3)n2-c2cccc(Cl)c2)cc1. The Labute approximate surface area is 242 Å². The minimum absolute atomic E-state index is 0.101. The van der Waals surface area contributed by atoms with Gasteiger partial charge in [-0.05, 0) is 73.2 Å². The van der Waals surface area contributed by atoms with Gasteiger partial charge in [-0.3, -0.25) is 14.2 Å². The number of nitrogens with one attached hydrogen (secondary N) is 2. The van der Waals surface area contributed by atoms with Crippen molar-refractivity contribution in [1.82, 2.24) is 20.1 Å². The molecule has 2 amide bonds. The van der Waals surface area contributed by atoms with Crippen LogP contribution in [0.1, 0.15) is 35.9 Å². The number of hydrogen-bond acceptors (Lipinski definition) is 7. The van der Waals surface area contributed by atoms with E-state index in [0.717, 1.165) is 18.6 Å². The first-order valence-corrected chi connectivity index (χ1v) is 14.1. The van der Waals surface area contributed by atoms with Crippen LogP contribution >= 0.6 is 23.4 Å². The first kappa shape index (κ1) is 29.0. The third-order valence-electron chi connectivity index (χ3n) is 5.76. The number of unbranched alkanes of at least 4 members (excludes halogenated alkanes) is 1. The molecular formula is C29H30ClN5O4S. The molecule has 2 N–H and O–H groups in total. The van der Waals surface area contributed by atoms with Crippen molar-refractivity contribution in [3.05, 3.63) is 89.2 Å². The van der Waals surface area contributed by atoms with Crippen LogP contribution in [0.25, 0.3) is 5.69 Å². The van der Waals surface area contributed by atoms with E-state index in [4.69, 9.17) is 21.1 Å². The van der Waals surface area contributed by atoms with Gasteiger partial charge in [-0.15, -0.1) is 10.2 Å². The second-order valence-corrected chi connectivity index (χ2v) is 10.1. The molecule has 4 aromatic rings. The number of aromatic nitrogens is 3. The smallest absolute Gasteiger partial charge is 0.251 e. The molecule has 0 aliphatic heterocycles. The van der Waals surface area contributed by atoms with Gasteiger partial charge in [0, 0.05) is 16.3 Å². The minimum atomic E-state index is -0.256. The van der Waals surface area contributed by atoms with Crippen molar-refractivity contribution >= 4 is 40.9 Å². The van der Waals surface area contributed by atoms with E-state index >= 15 is 0 Å². The van der Waals surface area contributed by atoms with Crippen molar-refractivity contribution < 1.29 is 19.1 Å². The summed E-state index contributed by atoms with van der Waals surface area (Å²) in [5, 5.41) is 15.4. The summed E-state index contributed by atoms with van der Waals surface area (Å²) in [4.78, 5) is 25.4. The van der Waals surface area contributed by atoms with E-state index in [1.807, 2.05) is 12.1 Å². The van der Waals surface area contributed by atoms with Gasteiger partial charge >= 0.3 is 0 Å². The molecule has 0 saturated carbocycles. The number of hydrogen-bond donors (Lipinski definition) is 2. The molecule has 208 valence electrons. The van der Waals surface area contributed by atoms with E-state index < -0.39 is 0 Å². The number of methoxy groups -OCH3 is 1. The maximum atomic E-state index is 12.8. The first-order valence-electron chi connectivity index (χ1n) is 12.7. The van der Waals surface area contributed by atoms with Crippen LogP contribution in [-0.2, 0) is 11.3 Å². The van der Waals surface area contributed by atoms with Crippen LogP contribution in [0.2, 0.25) is 5.02 Å². The highest BCUT2D eigenvalue weighted by Gasteiger charge is 2.17. The normalized spacial score (nSPS) is 10.7. The summed E-state index contributed by atoms with van der Waals surface area (Å²) in [6.07, 6.45) is 2.03. The summed E-state index contributed by atoms with van der Waals surface area (Å²) in [5.41, 5.74) is 1.88. The standard InChI is InChI=1S/C29H30ClN5O4S/c1-3-4-16-39-25-12-8-20(9-13-25)28(37)31-18-26-33-34-29(35(26)23-7-5-6-21(30)17-23)40-19-27(36)32-22-10-14-24(38-2)15-11-22/h5-15,17H,3-4,16,18-19H2,1-2H3,(H,31,37)(H,32,36). The van der Waals surface area contributed by atoms with Crippen LogP contribution in [0.15, 0.2) is 78.0 Å². The predicted molar refractivity (Wildman–Crippen MR) is 157 cm³/mol. The zero-order valence-electron chi connectivity index (χ0n) is 22.2. The molecule has 11 heteroatoms. The Balaban J connectivity index is 1.43. The zero-order valence-corrected chi connectivity index (χ0v) is 23.8. The second-order valence-electron chi connectivity index (χ2n) is 8.69. The fraction of sp³-hybridized carbons (Fsp3) is 0.241. The molecule has 3 aromatic carbocycles. The minimum Gasteiger partial charge on any atom is -0.497 e. The van der Waals surface area contributed by atoms with Gasteiger partial charge in [0.05, 0.1) is 31.7 Å². The molecule has 0 radical (unpaired) electrons. The second kappa shape index (κ2) is 14.4. The zero-order chi connectivity index (χ0) is 28.3. The molecule has 0 unspecified atom stereocenters. The van der Waals surface area contributed by atoms with Crippen molar-refractivity contribution in [2.45, 2.75) is 31.5 Å². The number of thioether (sulfide) groups is 1. The molecule has 0 atom stereocenters. The van der Waals surface area contributed by atoms with Gasteiger partial charge in [0.15, 0.2) is 11.0 Å². The summed E-state index contributed by atoms with van der Waals surface area (Å²) in [7, 11) is 1.59. The van der Waals surface area contributed by atoms with Crippen molar-refractivity contribution in [3.63, 3.8) is 0 Å². The molecule has 1 aromatic heterocycles. The van der Waals surface area contributed by atoms with Gasteiger partial charge in [-0.1, -0.05) is 42.8 Å². The molecule has 0 fully saturated rings. The number of carbonyl (C=O) groups is 2. The van der Waals surface area contributed by atoms with E-state index in [1.54, 1.807) is 72.3 Å². The third kappa shape index (κ3) is 8.00. The molecule has 0 bridgehead atoms. The van der Waals surface area contributed by atoms with Crippen molar-refractivity contribution in [3.8, 4) is 17.2 Å². The van der Waals surface area contributed by atoms with Gasteiger partial charge < -0.3 is 20.1 Å². The van der Waals surface area contributed by atoms with Crippen molar-refractivity contribution in [2.75, 3.05) is 24.8 Å². The van der Waals surface area contributed by atoms with Crippen LogP contribution in [0.3, 0.4) is 0 Å². The molecular weight excluding hydrogens is 550 g/mol. The highest BCUT2D eigenvalue weighted by atomic mass is 35.5. The number of carbonyl (C=O) groups excluding carboxylic acids is 2. The monoisotopic (exact) mass is 579 g/mol. The molecule has 9 nitrogen and oxygen atoms in total. The molecule has 1 heterocycles. The van der Waals surface area contributed by atoms with Crippen LogP contribution in [0.5, 0.6) is 11.5 Å². The number of nitrogens with zero attached hydrogens (tertiary/aromatic N) is 3. The molecule has 0 spiro atoms. The number of ether oxygens (including phenoxy) is 2. The molecule has 0 aliphatic rings. The maximum Gasteiger partial charge on any atom is 0.251 e. The number of halogens is 1. The van der Waals surface area contributed by atoms with E-state index in [1.165, 1.54) is 11.8 Å². The average Bonchev–Trinajstić information content (AvgIpc) is 3.38. The topological polar surface area (TPSA) is 107 Å². The van der Waals surface area contributed by atoms with Gasteiger partial charge in [-0.2, -0.15) is 0 Å².